The van der Waals surface area contributed by atoms with Crippen molar-refractivity contribution in [3.8, 4) is 0 Å². The minimum Gasteiger partial charge on any atom is -0.269 e. The Morgan fingerprint density at radius 1 is 1.07 bits per heavy atom. The first-order chi connectivity index (χ1) is 5.92. The van der Waals surface area contributed by atoms with Gasteiger partial charge in [0.2, 0.25) is 0 Å². The topological polar surface area (TPSA) is 0 Å². The van der Waals surface area contributed by atoms with Gasteiger partial charge in [-0.15, -0.1) is 40.6 Å². The van der Waals surface area contributed by atoms with Crippen molar-refractivity contribution in [2.45, 2.75) is 19.8 Å². The Morgan fingerprint density at radius 3 is 2.40 bits per heavy atom. The van der Waals surface area contributed by atoms with Crippen LogP contribution in [0.25, 0.3) is 10.8 Å². The molecule has 0 radical (unpaired) electrons. The second kappa shape index (κ2) is 7.81. The fourth-order valence-corrected chi connectivity index (χ4v) is 1.70. The maximum absolute atomic E-state index is 2.24. The zero-order valence-electron chi connectivity index (χ0n) is 8.69. The van der Waals surface area contributed by atoms with E-state index in [0.29, 0.717) is 0 Å². The van der Waals surface area contributed by atoms with Gasteiger partial charge in [0.15, 0.2) is 0 Å². The number of rotatable bonds is 2. The molecule has 2 aromatic carbocycles. The van der Waals surface area contributed by atoms with Crippen LogP contribution in [0.1, 0.15) is 18.9 Å². The van der Waals surface area contributed by atoms with Gasteiger partial charge in [0.05, 0.1) is 0 Å². The molecule has 2 aromatic rings. The molecule has 0 fully saturated rings. The summed E-state index contributed by atoms with van der Waals surface area (Å²) in [6, 6.07) is 13.0. The average Bonchev–Trinajstić information content (AvgIpc) is 2.50. The van der Waals surface area contributed by atoms with Crippen LogP contribution in [0.2, 0.25) is 0 Å². The summed E-state index contributed by atoms with van der Waals surface area (Å²) in [6.45, 7) is 2.22. The van der Waals surface area contributed by atoms with Crippen molar-refractivity contribution >= 4 is 10.8 Å². The van der Waals surface area contributed by atoms with E-state index >= 15 is 0 Å². The third-order valence-electron chi connectivity index (χ3n) is 2.29. The first-order valence-corrected chi connectivity index (χ1v) is 4.55. The van der Waals surface area contributed by atoms with Gasteiger partial charge < -0.3 is 0 Å². The van der Waals surface area contributed by atoms with Crippen molar-refractivity contribution in [3.63, 3.8) is 0 Å². The average molecular weight is 288 g/mol. The van der Waals surface area contributed by atoms with Crippen LogP contribution >= 0.6 is 0 Å². The fourth-order valence-electron chi connectivity index (χ4n) is 1.70. The van der Waals surface area contributed by atoms with Gasteiger partial charge in [-0.1, -0.05) is 25.8 Å². The first-order valence-electron chi connectivity index (χ1n) is 4.55. The van der Waals surface area contributed by atoms with Gasteiger partial charge in [0, 0.05) is 26.2 Å². The summed E-state index contributed by atoms with van der Waals surface area (Å²) in [4.78, 5) is 0. The van der Waals surface area contributed by atoms with E-state index in [1.165, 1.54) is 29.2 Å². The zero-order valence-corrected chi connectivity index (χ0v) is 11.2. The second-order valence-corrected chi connectivity index (χ2v) is 3.20. The maximum atomic E-state index is 2.24. The van der Waals surface area contributed by atoms with Crippen molar-refractivity contribution in [1.29, 1.82) is 0 Å². The van der Waals surface area contributed by atoms with Crippen molar-refractivity contribution < 1.29 is 35.6 Å². The van der Waals surface area contributed by atoms with Gasteiger partial charge in [-0.3, -0.25) is 9.41 Å². The number of fused-ring (bicyclic) bond motifs is 1. The third kappa shape index (κ3) is 3.57. The van der Waals surface area contributed by atoms with Crippen molar-refractivity contribution in [2.24, 2.45) is 0 Å². The molecule has 2 rings (SSSR count). The standard InChI is InChI=1S/C12H13.2FH.Zr/c1-2-5-10-8-9-11-6-3-4-7-12(10)11;;;/h3-4,6-9H,2,5H2,1H3;2*1H;/q-1;;;. The monoisotopic (exact) mass is 287 g/mol. The Hall–Kier alpha value is -0.427. The Morgan fingerprint density at radius 2 is 1.73 bits per heavy atom. The molecule has 0 saturated carbocycles. The van der Waals surface area contributed by atoms with Gasteiger partial charge in [-0.25, -0.2) is 0 Å². The molecule has 0 nitrogen and oxygen atoms in total. The van der Waals surface area contributed by atoms with E-state index in [0.717, 1.165) is 0 Å². The van der Waals surface area contributed by atoms with Crippen LogP contribution in [-0.4, -0.2) is 0 Å². The molecule has 0 N–H and O–H groups in total. The molecule has 0 aliphatic rings. The summed E-state index contributed by atoms with van der Waals surface area (Å²) in [6.07, 6.45) is 2.43. The summed E-state index contributed by atoms with van der Waals surface area (Å²) < 4.78 is 0. The molecule has 0 aromatic heterocycles. The number of hydrogen-bond donors (Lipinski definition) is 0. The summed E-state index contributed by atoms with van der Waals surface area (Å²) in [5.74, 6) is 0. The van der Waals surface area contributed by atoms with Crippen LogP contribution in [0.5, 0.6) is 0 Å². The summed E-state index contributed by atoms with van der Waals surface area (Å²) in [7, 11) is 0. The summed E-state index contributed by atoms with van der Waals surface area (Å²) >= 11 is 0. The molecular weight excluding hydrogens is 273 g/mol. The van der Waals surface area contributed by atoms with E-state index in [1.807, 2.05) is 0 Å². The van der Waals surface area contributed by atoms with E-state index in [1.54, 1.807) is 0 Å². The quantitative estimate of drug-likeness (QED) is 0.737. The molecular formula is C12H15F2Zr-. The Labute approximate surface area is 108 Å². The van der Waals surface area contributed by atoms with E-state index in [4.69, 9.17) is 0 Å². The predicted octanol–water partition coefficient (Wildman–Crippen LogP) is 3.81. The molecule has 3 heteroatoms. The van der Waals surface area contributed by atoms with Crippen LogP contribution in [0, 0.1) is 0 Å². The van der Waals surface area contributed by atoms with Gasteiger partial charge in [-0.2, -0.15) is 6.07 Å². The Balaban J connectivity index is 0. The summed E-state index contributed by atoms with van der Waals surface area (Å²) in [5, 5.41) is 2.81. The smallest absolute Gasteiger partial charge is 0 e. The summed E-state index contributed by atoms with van der Waals surface area (Å²) in [5.41, 5.74) is 1.49. The SMILES string of the molecule is CCC[c-]1ccc2ccccc21.F.F.[Zr]. The minimum absolute atomic E-state index is 0. The van der Waals surface area contributed by atoms with Crippen LogP contribution in [-0.2, 0) is 32.6 Å². The van der Waals surface area contributed by atoms with Gasteiger partial charge in [0.25, 0.3) is 0 Å². The normalized spacial score (nSPS) is 8.60. The maximum Gasteiger partial charge on any atom is 0 e. The number of halogens is 2. The number of benzene rings is 1. The van der Waals surface area contributed by atoms with Crippen LogP contribution < -0.4 is 0 Å². The number of hydrogen-bond acceptors (Lipinski definition) is 0. The molecule has 0 aliphatic heterocycles. The van der Waals surface area contributed by atoms with E-state index in [9.17, 15) is 0 Å². The van der Waals surface area contributed by atoms with Gasteiger partial charge >= 0.3 is 0 Å². The zero-order chi connectivity index (χ0) is 8.39. The van der Waals surface area contributed by atoms with E-state index in [2.05, 4.69) is 43.3 Å². The fraction of sp³-hybridized carbons (Fsp3) is 0.250. The molecule has 0 bridgehead atoms. The molecule has 0 heterocycles. The molecule has 15 heavy (non-hydrogen) atoms. The predicted molar refractivity (Wildman–Crippen MR) is 58.5 cm³/mol. The van der Waals surface area contributed by atoms with Gasteiger partial charge in [0.1, 0.15) is 0 Å². The molecule has 0 spiro atoms. The molecule has 0 aliphatic carbocycles. The Bertz CT molecular complexity index is 382. The molecule has 82 valence electrons. The van der Waals surface area contributed by atoms with Crippen LogP contribution in [0.3, 0.4) is 0 Å². The molecule has 0 saturated heterocycles. The largest absolute Gasteiger partial charge is 0.269 e. The van der Waals surface area contributed by atoms with E-state index < -0.39 is 0 Å². The Kier molecular flexibility index (Phi) is 8.84. The molecule has 0 amide bonds. The van der Waals surface area contributed by atoms with Crippen molar-refractivity contribution in [3.05, 3.63) is 42.0 Å². The van der Waals surface area contributed by atoms with Gasteiger partial charge in [-0.05, 0) is 0 Å². The van der Waals surface area contributed by atoms with Crippen molar-refractivity contribution in [2.75, 3.05) is 0 Å². The van der Waals surface area contributed by atoms with E-state index in [-0.39, 0.29) is 35.6 Å². The van der Waals surface area contributed by atoms with Crippen LogP contribution in [0.15, 0.2) is 36.4 Å². The van der Waals surface area contributed by atoms with Crippen LogP contribution in [0.4, 0.5) is 9.41 Å². The van der Waals surface area contributed by atoms with Crippen molar-refractivity contribution in [1.82, 2.24) is 0 Å². The molecule has 0 unspecified atom stereocenters. The first kappa shape index (κ1) is 17.0. The third-order valence-corrected chi connectivity index (χ3v) is 2.29. The minimum atomic E-state index is 0. The molecule has 0 atom stereocenters. The number of aryl methyl sites for hydroxylation is 1. The second-order valence-electron chi connectivity index (χ2n) is 3.20.